The standard InChI is InChI=1S/C30H32F3N7O/c1-6-39(16-15-38(4)5)19-24-10-12-25(18-26(24)30(31,32)33)34-29(41)23-9-7-20(2)22(17-23)11-14-28-36-35-27-13-8-21(3)37-40(27)28/h7-10,12-13,17-18H,6,15-16,19H2,1-5H3,(H,34,41). The molecule has 0 bridgehead atoms. The summed E-state index contributed by atoms with van der Waals surface area (Å²) >= 11 is 0. The van der Waals surface area contributed by atoms with Crippen LogP contribution in [0.2, 0.25) is 0 Å². The lowest BCUT2D eigenvalue weighted by Crippen LogP contribution is -2.32. The van der Waals surface area contributed by atoms with Gasteiger partial charge in [-0.2, -0.15) is 22.8 Å². The summed E-state index contributed by atoms with van der Waals surface area (Å²) < 4.78 is 43.6. The number of amides is 1. The van der Waals surface area contributed by atoms with E-state index in [0.29, 0.717) is 30.1 Å². The zero-order chi connectivity index (χ0) is 29.7. The summed E-state index contributed by atoms with van der Waals surface area (Å²) in [5.41, 5.74) is 2.46. The molecule has 2 heterocycles. The molecule has 214 valence electrons. The van der Waals surface area contributed by atoms with Crippen molar-refractivity contribution in [2.24, 2.45) is 0 Å². The third kappa shape index (κ3) is 7.48. The lowest BCUT2D eigenvalue weighted by molar-refractivity contribution is -0.138. The highest BCUT2D eigenvalue weighted by atomic mass is 19.4. The molecule has 4 aromatic rings. The molecule has 0 radical (unpaired) electrons. The van der Waals surface area contributed by atoms with E-state index < -0.39 is 17.6 Å². The van der Waals surface area contributed by atoms with Gasteiger partial charge in [-0.25, -0.2) is 0 Å². The van der Waals surface area contributed by atoms with Gasteiger partial charge in [0.05, 0.1) is 11.3 Å². The number of aryl methyl sites for hydroxylation is 2. The Hall–Kier alpha value is -4.27. The number of nitrogens with zero attached hydrogens (tertiary/aromatic N) is 6. The van der Waals surface area contributed by atoms with Crippen LogP contribution in [-0.4, -0.2) is 69.2 Å². The molecule has 0 aliphatic carbocycles. The number of anilines is 1. The van der Waals surface area contributed by atoms with Crippen molar-refractivity contribution in [1.82, 2.24) is 29.6 Å². The van der Waals surface area contributed by atoms with Crippen LogP contribution in [0.5, 0.6) is 0 Å². The maximum absolute atomic E-state index is 14.0. The number of hydrogen-bond donors (Lipinski definition) is 1. The van der Waals surface area contributed by atoms with E-state index in [2.05, 4.69) is 32.5 Å². The molecule has 0 aliphatic heterocycles. The molecule has 11 heteroatoms. The number of nitrogens with one attached hydrogen (secondary N) is 1. The number of rotatable bonds is 8. The first-order valence-corrected chi connectivity index (χ1v) is 13.1. The number of hydrogen-bond acceptors (Lipinski definition) is 6. The minimum Gasteiger partial charge on any atom is -0.322 e. The summed E-state index contributed by atoms with van der Waals surface area (Å²) in [5, 5.41) is 15.1. The van der Waals surface area contributed by atoms with Crippen LogP contribution in [0.25, 0.3) is 5.65 Å². The average Bonchev–Trinajstić information content (AvgIpc) is 3.32. The maximum atomic E-state index is 14.0. The molecule has 1 N–H and O–H groups in total. The molecule has 0 atom stereocenters. The SMILES string of the molecule is CCN(CCN(C)C)Cc1ccc(NC(=O)c2ccc(C)c(C#Cc3nnc4ccc(C)nn34)c2)cc1C(F)(F)F. The Balaban J connectivity index is 1.55. The van der Waals surface area contributed by atoms with Gasteiger partial charge in [0.15, 0.2) is 5.65 Å². The van der Waals surface area contributed by atoms with Crippen molar-refractivity contribution in [3.05, 3.63) is 87.9 Å². The summed E-state index contributed by atoms with van der Waals surface area (Å²) in [6.45, 7) is 7.77. The molecule has 1 amide bonds. The Bertz CT molecular complexity index is 1620. The molecule has 4 rings (SSSR count). The normalized spacial score (nSPS) is 11.7. The third-order valence-corrected chi connectivity index (χ3v) is 6.58. The van der Waals surface area contributed by atoms with Gasteiger partial charge in [-0.15, -0.1) is 10.2 Å². The predicted octanol–water partition coefficient (Wildman–Crippen LogP) is 4.80. The van der Waals surface area contributed by atoms with E-state index in [4.69, 9.17) is 0 Å². The van der Waals surface area contributed by atoms with Gasteiger partial charge in [0, 0.05) is 36.4 Å². The second-order valence-corrected chi connectivity index (χ2v) is 10.0. The van der Waals surface area contributed by atoms with E-state index in [1.165, 1.54) is 16.6 Å². The zero-order valence-electron chi connectivity index (χ0n) is 23.7. The van der Waals surface area contributed by atoms with Crippen LogP contribution >= 0.6 is 0 Å². The van der Waals surface area contributed by atoms with Gasteiger partial charge in [0.2, 0.25) is 5.82 Å². The number of carbonyl (C=O) groups excluding carboxylic acids is 1. The lowest BCUT2D eigenvalue weighted by Gasteiger charge is -2.24. The summed E-state index contributed by atoms with van der Waals surface area (Å²) in [4.78, 5) is 17.0. The summed E-state index contributed by atoms with van der Waals surface area (Å²) in [6, 6.07) is 12.5. The number of fused-ring (bicyclic) bond motifs is 1. The second-order valence-electron chi connectivity index (χ2n) is 10.0. The van der Waals surface area contributed by atoms with Gasteiger partial charge in [0.25, 0.3) is 5.91 Å². The van der Waals surface area contributed by atoms with E-state index in [1.807, 2.05) is 50.7 Å². The summed E-state index contributed by atoms with van der Waals surface area (Å²) in [6.07, 6.45) is -4.57. The van der Waals surface area contributed by atoms with Gasteiger partial charge in [-0.05, 0) is 87.9 Å². The molecule has 0 saturated carbocycles. The monoisotopic (exact) mass is 563 g/mol. The van der Waals surface area contributed by atoms with Crippen molar-refractivity contribution in [1.29, 1.82) is 0 Å². The minimum absolute atomic E-state index is 0.0620. The van der Waals surface area contributed by atoms with Crippen molar-refractivity contribution >= 4 is 17.2 Å². The molecule has 8 nitrogen and oxygen atoms in total. The van der Waals surface area contributed by atoms with Crippen molar-refractivity contribution in [2.75, 3.05) is 39.0 Å². The van der Waals surface area contributed by atoms with E-state index in [-0.39, 0.29) is 23.4 Å². The van der Waals surface area contributed by atoms with Gasteiger partial charge < -0.3 is 10.2 Å². The Morgan fingerprint density at radius 1 is 1.00 bits per heavy atom. The van der Waals surface area contributed by atoms with Crippen LogP contribution in [0, 0.1) is 25.7 Å². The van der Waals surface area contributed by atoms with Gasteiger partial charge >= 0.3 is 6.18 Å². The fourth-order valence-corrected chi connectivity index (χ4v) is 4.17. The summed E-state index contributed by atoms with van der Waals surface area (Å²) in [5.74, 6) is 5.77. The molecule has 0 fully saturated rings. The Kier molecular flexibility index (Phi) is 9.05. The minimum atomic E-state index is -4.57. The molecular formula is C30H32F3N7O. The first-order valence-electron chi connectivity index (χ1n) is 13.1. The van der Waals surface area contributed by atoms with Crippen LogP contribution in [-0.2, 0) is 12.7 Å². The Labute approximate surface area is 237 Å². The quantitative estimate of drug-likeness (QED) is 0.311. The first-order chi connectivity index (χ1) is 19.4. The van der Waals surface area contributed by atoms with Crippen LogP contribution in [0.3, 0.4) is 0 Å². The number of alkyl halides is 3. The zero-order valence-corrected chi connectivity index (χ0v) is 23.7. The Morgan fingerprint density at radius 2 is 1.78 bits per heavy atom. The van der Waals surface area contributed by atoms with Crippen molar-refractivity contribution < 1.29 is 18.0 Å². The molecule has 2 aromatic heterocycles. The topological polar surface area (TPSA) is 78.7 Å². The smallest absolute Gasteiger partial charge is 0.322 e. The van der Waals surface area contributed by atoms with Crippen LogP contribution in [0.1, 0.15) is 51.1 Å². The van der Waals surface area contributed by atoms with Crippen LogP contribution < -0.4 is 5.32 Å². The molecule has 0 aliphatic rings. The number of carbonyl (C=O) groups is 1. The highest BCUT2D eigenvalue weighted by molar-refractivity contribution is 6.04. The molecule has 41 heavy (non-hydrogen) atoms. The van der Waals surface area contributed by atoms with E-state index in [9.17, 15) is 18.0 Å². The van der Waals surface area contributed by atoms with Crippen molar-refractivity contribution in [3.8, 4) is 11.8 Å². The second kappa shape index (κ2) is 12.5. The molecule has 0 spiro atoms. The van der Waals surface area contributed by atoms with Gasteiger partial charge in [-0.1, -0.05) is 25.0 Å². The maximum Gasteiger partial charge on any atom is 0.416 e. The first kappa shape index (κ1) is 29.7. The van der Waals surface area contributed by atoms with E-state index >= 15 is 0 Å². The number of aromatic nitrogens is 4. The largest absolute Gasteiger partial charge is 0.416 e. The third-order valence-electron chi connectivity index (χ3n) is 6.58. The van der Waals surface area contributed by atoms with Crippen molar-refractivity contribution in [3.63, 3.8) is 0 Å². The predicted molar refractivity (Wildman–Crippen MR) is 152 cm³/mol. The van der Waals surface area contributed by atoms with Crippen LogP contribution in [0.4, 0.5) is 18.9 Å². The fourth-order valence-electron chi connectivity index (χ4n) is 4.17. The highest BCUT2D eigenvalue weighted by Gasteiger charge is 2.34. The fraction of sp³-hybridized carbons (Fsp3) is 0.333. The van der Waals surface area contributed by atoms with Gasteiger partial charge in [-0.3, -0.25) is 9.69 Å². The average molecular weight is 564 g/mol. The van der Waals surface area contributed by atoms with E-state index in [1.54, 1.807) is 24.3 Å². The summed E-state index contributed by atoms with van der Waals surface area (Å²) in [7, 11) is 3.85. The highest BCUT2D eigenvalue weighted by Crippen LogP contribution is 2.34. The van der Waals surface area contributed by atoms with E-state index in [0.717, 1.165) is 23.9 Å². The number of halogens is 3. The number of likely N-dealkylation sites (N-methyl/N-ethyl adjacent to an activating group) is 2. The van der Waals surface area contributed by atoms with Crippen LogP contribution in [0.15, 0.2) is 48.5 Å². The molecule has 2 aromatic carbocycles. The van der Waals surface area contributed by atoms with Gasteiger partial charge in [0.1, 0.15) is 0 Å². The Morgan fingerprint density at radius 3 is 2.49 bits per heavy atom. The van der Waals surface area contributed by atoms with Crippen molar-refractivity contribution in [2.45, 2.75) is 33.5 Å². The molecule has 0 saturated heterocycles. The number of benzene rings is 2. The lowest BCUT2D eigenvalue weighted by atomic mass is 10.0. The molecule has 0 unspecified atom stereocenters. The molecular weight excluding hydrogens is 531 g/mol.